The molecule has 10 heteroatoms. The zero-order valence-corrected chi connectivity index (χ0v) is 20.5. The van der Waals surface area contributed by atoms with E-state index in [2.05, 4.69) is 34.8 Å². The maximum atomic E-state index is 6.07. The van der Waals surface area contributed by atoms with Gasteiger partial charge in [-0.1, -0.05) is 24.3 Å². The Balaban J connectivity index is 1.26. The number of nitrogen functional groups attached to an aromatic ring is 1. The van der Waals surface area contributed by atoms with Gasteiger partial charge in [-0.2, -0.15) is 4.37 Å². The van der Waals surface area contributed by atoms with Crippen LogP contribution in [0.1, 0.15) is 5.69 Å². The number of fused-ring (bicyclic) bond motifs is 1. The number of benzene rings is 2. The van der Waals surface area contributed by atoms with E-state index in [0.717, 1.165) is 38.3 Å². The lowest BCUT2D eigenvalue weighted by atomic mass is 10.1. The van der Waals surface area contributed by atoms with Gasteiger partial charge in [-0.05, 0) is 67.0 Å². The maximum Gasteiger partial charge on any atom is 0.228 e. The molecule has 0 fully saturated rings. The van der Waals surface area contributed by atoms with Crippen LogP contribution in [0.2, 0.25) is 0 Å². The van der Waals surface area contributed by atoms with Crippen molar-refractivity contribution in [2.24, 2.45) is 0 Å². The number of hydrogen-bond donors (Lipinski definition) is 2. The Kier molecular flexibility index (Phi) is 5.83. The van der Waals surface area contributed by atoms with Crippen LogP contribution >= 0.6 is 11.5 Å². The number of aryl methyl sites for hydroxylation is 1. The fourth-order valence-corrected chi connectivity index (χ4v) is 4.65. The number of ether oxygens (including phenoxy) is 1. The number of nitrogens with two attached hydrogens (primary N) is 1. The normalized spacial score (nSPS) is 10.9. The molecule has 0 aliphatic heterocycles. The summed E-state index contributed by atoms with van der Waals surface area (Å²) in [4.78, 5) is 13.6. The van der Waals surface area contributed by atoms with Crippen molar-refractivity contribution < 1.29 is 4.74 Å². The van der Waals surface area contributed by atoms with E-state index in [4.69, 9.17) is 10.5 Å². The molecule has 4 aromatic heterocycles. The molecule has 180 valence electrons. The van der Waals surface area contributed by atoms with Crippen LogP contribution in [-0.4, -0.2) is 29.5 Å². The summed E-state index contributed by atoms with van der Waals surface area (Å²) in [5.74, 6) is 1.91. The van der Waals surface area contributed by atoms with Gasteiger partial charge in [0.25, 0.3) is 0 Å². The number of nitrogens with zero attached hydrogens (tertiary/aromatic N) is 6. The predicted molar refractivity (Wildman–Crippen MR) is 145 cm³/mol. The topological polar surface area (TPSA) is 125 Å². The minimum Gasteiger partial charge on any atom is -0.438 e. The molecule has 0 radical (unpaired) electrons. The molecular formula is C27H20N8OS. The van der Waals surface area contributed by atoms with Crippen LogP contribution in [0.4, 0.5) is 17.5 Å². The van der Waals surface area contributed by atoms with Crippen molar-refractivity contribution in [1.29, 1.82) is 0 Å². The molecule has 0 aliphatic carbocycles. The number of hydrogen-bond acceptors (Lipinski definition) is 10. The highest BCUT2D eigenvalue weighted by Crippen LogP contribution is 2.34. The molecule has 0 saturated heterocycles. The smallest absolute Gasteiger partial charge is 0.228 e. The van der Waals surface area contributed by atoms with E-state index in [1.807, 2.05) is 73.7 Å². The zero-order valence-electron chi connectivity index (χ0n) is 19.7. The SMILES string of the molecule is Cc1cc(-c2nnc(Nc3ccc(Oc4ncccc4-c4ccnc(N)n4)cc3)c3ccccc23)sn1. The highest BCUT2D eigenvalue weighted by atomic mass is 32.1. The molecule has 0 bridgehead atoms. The van der Waals surface area contributed by atoms with Crippen LogP contribution in [0.15, 0.2) is 85.2 Å². The number of aromatic nitrogens is 6. The van der Waals surface area contributed by atoms with Gasteiger partial charge in [-0.3, -0.25) is 0 Å². The summed E-state index contributed by atoms with van der Waals surface area (Å²) in [6.45, 7) is 1.97. The Morgan fingerprint density at radius 3 is 2.49 bits per heavy atom. The molecule has 0 amide bonds. The number of pyridine rings is 1. The molecule has 0 saturated carbocycles. The highest BCUT2D eigenvalue weighted by Gasteiger charge is 2.14. The molecule has 3 N–H and O–H groups in total. The second kappa shape index (κ2) is 9.59. The van der Waals surface area contributed by atoms with E-state index in [1.165, 1.54) is 11.5 Å². The van der Waals surface area contributed by atoms with E-state index in [-0.39, 0.29) is 5.95 Å². The average molecular weight is 505 g/mol. The van der Waals surface area contributed by atoms with Crippen LogP contribution in [0, 0.1) is 6.92 Å². The van der Waals surface area contributed by atoms with Gasteiger partial charge in [-0.15, -0.1) is 10.2 Å². The number of nitrogens with one attached hydrogen (secondary N) is 1. The first kappa shape index (κ1) is 22.5. The van der Waals surface area contributed by atoms with Crippen LogP contribution in [0.25, 0.3) is 32.6 Å². The number of rotatable bonds is 6. The van der Waals surface area contributed by atoms with Gasteiger partial charge in [0.15, 0.2) is 5.82 Å². The van der Waals surface area contributed by atoms with Gasteiger partial charge >= 0.3 is 0 Å². The van der Waals surface area contributed by atoms with E-state index in [0.29, 0.717) is 23.1 Å². The first-order valence-electron chi connectivity index (χ1n) is 11.4. The van der Waals surface area contributed by atoms with Crippen LogP contribution in [0.3, 0.4) is 0 Å². The van der Waals surface area contributed by atoms with Crippen molar-refractivity contribution in [3.8, 4) is 33.5 Å². The second-order valence-electron chi connectivity index (χ2n) is 8.18. The fraction of sp³-hybridized carbons (Fsp3) is 0.0370. The molecule has 0 atom stereocenters. The second-order valence-corrected chi connectivity index (χ2v) is 8.99. The Morgan fingerprint density at radius 2 is 1.70 bits per heavy atom. The van der Waals surface area contributed by atoms with Gasteiger partial charge in [0, 0.05) is 28.9 Å². The summed E-state index contributed by atoms with van der Waals surface area (Å²) in [5, 5.41) is 14.4. The van der Waals surface area contributed by atoms with E-state index < -0.39 is 0 Å². The van der Waals surface area contributed by atoms with Crippen molar-refractivity contribution in [3.05, 3.63) is 90.9 Å². The molecule has 0 unspecified atom stereocenters. The maximum absolute atomic E-state index is 6.07. The Morgan fingerprint density at radius 1 is 0.865 bits per heavy atom. The minimum absolute atomic E-state index is 0.188. The van der Waals surface area contributed by atoms with E-state index in [9.17, 15) is 0 Å². The van der Waals surface area contributed by atoms with E-state index >= 15 is 0 Å². The molecule has 6 aromatic rings. The summed E-state index contributed by atoms with van der Waals surface area (Å²) in [6.07, 6.45) is 3.27. The van der Waals surface area contributed by atoms with Crippen molar-refractivity contribution in [2.45, 2.75) is 6.92 Å². The summed E-state index contributed by atoms with van der Waals surface area (Å²) in [6, 6.07) is 23.1. The quantitative estimate of drug-likeness (QED) is 0.279. The Bertz CT molecular complexity index is 1720. The van der Waals surface area contributed by atoms with Crippen LogP contribution < -0.4 is 15.8 Å². The molecule has 37 heavy (non-hydrogen) atoms. The van der Waals surface area contributed by atoms with Crippen LogP contribution in [0.5, 0.6) is 11.6 Å². The summed E-state index contributed by atoms with van der Waals surface area (Å²) >= 11 is 1.42. The molecular weight excluding hydrogens is 484 g/mol. The third kappa shape index (κ3) is 4.65. The molecule has 0 aliphatic rings. The summed E-state index contributed by atoms with van der Waals surface area (Å²) in [5.41, 5.74) is 9.74. The predicted octanol–water partition coefficient (Wildman–Crippen LogP) is 6.03. The molecule has 0 spiro atoms. The lowest BCUT2D eigenvalue weighted by Crippen LogP contribution is -1.99. The monoisotopic (exact) mass is 504 g/mol. The van der Waals surface area contributed by atoms with E-state index in [1.54, 1.807) is 18.5 Å². The van der Waals surface area contributed by atoms with Gasteiger partial charge in [0.1, 0.15) is 11.4 Å². The summed E-state index contributed by atoms with van der Waals surface area (Å²) < 4.78 is 10.5. The molecule has 4 heterocycles. The fourth-order valence-electron chi connectivity index (χ4n) is 3.90. The first-order valence-corrected chi connectivity index (χ1v) is 12.2. The van der Waals surface area contributed by atoms with Crippen molar-refractivity contribution in [2.75, 3.05) is 11.1 Å². The average Bonchev–Trinajstić information content (AvgIpc) is 3.36. The third-order valence-corrected chi connectivity index (χ3v) is 6.49. The first-order chi connectivity index (χ1) is 18.1. The van der Waals surface area contributed by atoms with Crippen LogP contribution in [-0.2, 0) is 0 Å². The van der Waals surface area contributed by atoms with Crippen molar-refractivity contribution >= 4 is 39.8 Å². The minimum atomic E-state index is 0.188. The van der Waals surface area contributed by atoms with Gasteiger partial charge in [0.2, 0.25) is 11.8 Å². The standard InChI is InChI=1S/C27H20N8OS/c1-16-15-23(37-35-16)24-19-5-2-3-6-20(19)25(34-33-24)31-17-8-10-18(11-9-17)36-26-21(7-4-13-29-26)22-12-14-30-27(28)32-22/h2-15H,1H3,(H,31,34)(H2,28,30,32). The Hall–Kier alpha value is -4.96. The molecule has 2 aromatic carbocycles. The molecule has 9 nitrogen and oxygen atoms in total. The zero-order chi connectivity index (χ0) is 25.2. The molecule has 6 rings (SSSR count). The largest absolute Gasteiger partial charge is 0.438 e. The third-order valence-electron chi connectivity index (χ3n) is 5.60. The highest BCUT2D eigenvalue weighted by molar-refractivity contribution is 7.09. The van der Waals surface area contributed by atoms with Crippen molar-refractivity contribution in [3.63, 3.8) is 0 Å². The van der Waals surface area contributed by atoms with Gasteiger partial charge < -0.3 is 15.8 Å². The number of anilines is 3. The lowest BCUT2D eigenvalue weighted by Gasteiger charge is -2.12. The summed E-state index contributed by atoms with van der Waals surface area (Å²) in [7, 11) is 0. The van der Waals surface area contributed by atoms with Crippen molar-refractivity contribution in [1.82, 2.24) is 29.5 Å². The lowest BCUT2D eigenvalue weighted by molar-refractivity contribution is 0.465. The van der Waals surface area contributed by atoms with Gasteiger partial charge in [0.05, 0.1) is 21.8 Å². The Labute approximate surface area is 216 Å². The van der Waals surface area contributed by atoms with Gasteiger partial charge in [-0.25, -0.2) is 15.0 Å².